The maximum absolute atomic E-state index is 9.93. The molecule has 2 rings (SSSR count). The first-order chi connectivity index (χ1) is 10.1. The molecule has 0 saturated carbocycles. The van der Waals surface area contributed by atoms with E-state index in [4.69, 9.17) is 32.4 Å². The molecule has 0 radical (unpaired) electrons. The Balaban J connectivity index is 1.78. The molecule has 0 spiro atoms. The number of hydrogen-bond donors (Lipinski definition) is 2. The number of halogens is 2. The number of aliphatic hydroxyl groups excluding tert-OH is 1. The first-order valence-corrected chi connectivity index (χ1v) is 7.35. The highest BCUT2D eigenvalue weighted by molar-refractivity contribution is 6.37. The topological polar surface area (TPSA) is 54.6 Å². The average Bonchev–Trinajstić information content (AvgIpc) is 2.98. The van der Waals surface area contributed by atoms with E-state index in [1.165, 1.54) is 0 Å². The molecule has 1 heterocycles. The van der Waals surface area contributed by atoms with Crippen molar-refractivity contribution in [3.8, 4) is 5.75 Å². The second-order valence-electron chi connectivity index (χ2n) is 4.66. The highest BCUT2D eigenvalue weighted by Gasteiger charge is 2.13. The van der Waals surface area contributed by atoms with Gasteiger partial charge < -0.3 is 19.6 Å². The van der Waals surface area contributed by atoms with Crippen molar-refractivity contribution in [2.24, 2.45) is 0 Å². The number of nitrogens with one attached hydrogen (secondary N) is 1. The van der Waals surface area contributed by atoms with Crippen molar-refractivity contribution >= 4 is 23.2 Å². The van der Waals surface area contributed by atoms with E-state index in [2.05, 4.69) is 5.32 Å². The van der Waals surface area contributed by atoms with Gasteiger partial charge in [-0.15, -0.1) is 0 Å². The van der Waals surface area contributed by atoms with Crippen molar-refractivity contribution < 1.29 is 14.3 Å². The zero-order valence-corrected chi connectivity index (χ0v) is 13.1. The largest absolute Gasteiger partial charge is 0.488 e. The van der Waals surface area contributed by atoms with Crippen LogP contribution in [0.5, 0.6) is 5.75 Å². The minimum Gasteiger partial charge on any atom is -0.488 e. The van der Waals surface area contributed by atoms with E-state index in [-0.39, 0.29) is 12.6 Å². The Hall–Kier alpha value is -1.20. The summed E-state index contributed by atoms with van der Waals surface area (Å²) in [7, 11) is 0. The standard InChI is InChI=1S/C15H17Cl2NO3/c1-10(14-6-3-7-20-14)18-8-11(19)9-21-15-12(16)4-2-5-13(15)17/h2-7,10-11,18-19H,8-9H2,1H3/t10-,11?/m1/s1. The Morgan fingerprint density at radius 2 is 1.95 bits per heavy atom. The Kier molecular flexibility index (Phi) is 5.94. The van der Waals surface area contributed by atoms with Crippen LogP contribution in [0.1, 0.15) is 18.7 Å². The SMILES string of the molecule is C[C@@H](NCC(O)COc1c(Cl)cccc1Cl)c1ccco1. The van der Waals surface area contributed by atoms with Crippen LogP contribution in [0, 0.1) is 0 Å². The molecule has 1 aromatic carbocycles. The minimum absolute atomic E-state index is 0.0125. The minimum atomic E-state index is -0.685. The number of para-hydroxylation sites is 1. The van der Waals surface area contributed by atoms with Crippen molar-refractivity contribution in [2.75, 3.05) is 13.2 Å². The van der Waals surface area contributed by atoms with Crippen molar-refractivity contribution in [2.45, 2.75) is 19.1 Å². The lowest BCUT2D eigenvalue weighted by Gasteiger charge is -2.17. The summed E-state index contributed by atoms with van der Waals surface area (Å²) in [4.78, 5) is 0. The fourth-order valence-corrected chi connectivity index (χ4v) is 2.32. The van der Waals surface area contributed by atoms with E-state index in [1.54, 1.807) is 24.5 Å². The van der Waals surface area contributed by atoms with Gasteiger partial charge in [-0.3, -0.25) is 0 Å². The number of rotatable bonds is 7. The highest BCUT2D eigenvalue weighted by Crippen LogP contribution is 2.32. The number of ether oxygens (including phenoxy) is 1. The van der Waals surface area contributed by atoms with Crippen LogP contribution in [0.2, 0.25) is 10.0 Å². The molecule has 6 heteroatoms. The lowest BCUT2D eigenvalue weighted by molar-refractivity contribution is 0.103. The van der Waals surface area contributed by atoms with Crippen molar-refractivity contribution in [1.29, 1.82) is 0 Å². The summed E-state index contributed by atoms with van der Waals surface area (Å²) in [5, 5.41) is 13.9. The number of aliphatic hydroxyl groups is 1. The van der Waals surface area contributed by atoms with Crippen molar-refractivity contribution in [3.05, 3.63) is 52.4 Å². The predicted octanol–water partition coefficient (Wildman–Crippen LogP) is 3.68. The molecule has 2 aromatic rings. The van der Waals surface area contributed by atoms with Crippen LogP contribution in [-0.2, 0) is 0 Å². The zero-order valence-electron chi connectivity index (χ0n) is 11.6. The molecule has 2 atom stereocenters. The first-order valence-electron chi connectivity index (χ1n) is 6.59. The third kappa shape index (κ3) is 4.64. The van der Waals surface area contributed by atoms with Crippen molar-refractivity contribution in [1.82, 2.24) is 5.32 Å². The van der Waals surface area contributed by atoms with Gasteiger partial charge in [0.05, 0.1) is 22.4 Å². The van der Waals surface area contributed by atoms with Crippen LogP contribution in [0.3, 0.4) is 0 Å². The summed E-state index contributed by atoms with van der Waals surface area (Å²) in [6.45, 7) is 2.42. The second-order valence-corrected chi connectivity index (χ2v) is 5.48. The van der Waals surface area contributed by atoms with Gasteiger partial charge in [-0.1, -0.05) is 29.3 Å². The summed E-state index contributed by atoms with van der Waals surface area (Å²) >= 11 is 12.0. The molecule has 0 aliphatic carbocycles. The number of furan rings is 1. The van der Waals surface area contributed by atoms with Gasteiger partial charge in [0.25, 0.3) is 0 Å². The molecule has 4 nitrogen and oxygen atoms in total. The van der Waals surface area contributed by atoms with Crippen LogP contribution in [0.4, 0.5) is 0 Å². The van der Waals surface area contributed by atoms with Gasteiger partial charge in [0.15, 0.2) is 5.75 Å². The van der Waals surface area contributed by atoms with Crippen LogP contribution in [0.25, 0.3) is 0 Å². The van der Waals surface area contributed by atoms with Gasteiger partial charge in [0.1, 0.15) is 18.5 Å². The smallest absolute Gasteiger partial charge is 0.156 e. The Morgan fingerprint density at radius 1 is 1.24 bits per heavy atom. The van der Waals surface area contributed by atoms with E-state index in [9.17, 15) is 5.11 Å². The Bertz CT molecular complexity index is 540. The number of benzene rings is 1. The monoisotopic (exact) mass is 329 g/mol. The van der Waals surface area contributed by atoms with E-state index < -0.39 is 6.10 Å². The Morgan fingerprint density at radius 3 is 2.57 bits per heavy atom. The van der Waals surface area contributed by atoms with Crippen LogP contribution in [-0.4, -0.2) is 24.4 Å². The summed E-state index contributed by atoms with van der Waals surface area (Å²) in [5.41, 5.74) is 0. The lowest BCUT2D eigenvalue weighted by Crippen LogP contribution is -2.33. The normalized spacial score (nSPS) is 13.9. The molecule has 21 heavy (non-hydrogen) atoms. The predicted molar refractivity (Wildman–Crippen MR) is 83.1 cm³/mol. The Labute approximate surface area is 133 Å². The third-order valence-corrected chi connectivity index (χ3v) is 3.56. The summed E-state index contributed by atoms with van der Waals surface area (Å²) in [5.74, 6) is 1.20. The maximum Gasteiger partial charge on any atom is 0.156 e. The molecule has 0 amide bonds. The molecule has 0 aliphatic heterocycles. The van der Waals surface area contributed by atoms with Gasteiger partial charge in [-0.2, -0.15) is 0 Å². The zero-order chi connectivity index (χ0) is 15.2. The quantitative estimate of drug-likeness (QED) is 0.813. The fraction of sp³-hybridized carbons (Fsp3) is 0.333. The van der Waals surface area contributed by atoms with E-state index in [0.29, 0.717) is 22.3 Å². The molecule has 0 aliphatic rings. The molecule has 1 aromatic heterocycles. The van der Waals surface area contributed by atoms with Gasteiger partial charge in [0.2, 0.25) is 0 Å². The molecule has 114 valence electrons. The molecule has 1 unspecified atom stereocenters. The second kappa shape index (κ2) is 7.71. The van der Waals surface area contributed by atoms with Crippen molar-refractivity contribution in [3.63, 3.8) is 0 Å². The van der Waals surface area contributed by atoms with E-state index in [1.807, 2.05) is 19.1 Å². The fourth-order valence-electron chi connectivity index (χ4n) is 1.81. The highest BCUT2D eigenvalue weighted by atomic mass is 35.5. The van der Waals surface area contributed by atoms with Crippen LogP contribution >= 0.6 is 23.2 Å². The third-order valence-electron chi connectivity index (χ3n) is 2.97. The van der Waals surface area contributed by atoms with Crippen LogP contribution < -0.4 is 10.1 Å². The number of hydrogen-bond acceptors (Lipinski definition) is 4. The molecule has 0 fully saturated rings. The molecule has 2 N–H and O–H groups in total. The molecule has 0 bridgehead atoms. The summed E-state index contributed by atoms with van der Waals surface area (Å²) in [6.07, 6.45) is 0.932. The maximum atomic E-state index is 9.93. The van der Waals surface area contributed by atoms with E-state index in [0.717, 1.165) is 5.76 Å². The molecular weight excluding hydrogens is 313 g/mol. The molecule has 0 saturated heterocycles. The van der Waals surface area contributed by atoms with Crippen LogP contribution in [0.15, 0.2) is 41.0 Å². The summed E-state index contributed by atoms with van der Waals surface area (Å²) < 4.78 is 10.8. The van der Waals surface area contributed by atoms with Gasteiger partial charge in [-0.25, -0.2) is 0 Å². The van der Waals surface area contributed by atoms with E-state index >= 15 is 0 Å². The summed E-state index contributed by atoms with van der Waals surface area (Å²) in [6, 6.07) is 8.83. The van der Waals surface area contributed by atoms with Gasteiger partial charge in [0, 0.05) is 6.54 Å². The average molecular weight is 330 g/mol. The molecular formula is C15H17Cl2NO3. The first kappa shape index (κ1) is 16.2. The van der Waals surface area contributed by atoms with Gasteiger partial charge >= 0.3 is 0 Å². The van der Waals surface area contributed by atoms with Gasteiger partial charge in [-0.05, 0) is 31.2 Å². The lowest BCUT2D eigenvalue weighted by atomic mass is 10.2.